The maximum absolute atomic E-state index is 14.4. The number of carbonyl (C=O) groups excluding carboxylic acids is 2. The van der Waals surface area contributed by atoms with E-state index in [1.54, 1.807) is 13.0 Å². The number of hydroxylamine groups is 2. The molecular weight excluding hydrogens is 529 g/mol. The van der Waals surface area contributed by atoms with Gasteiger partial charge in [-0.15, -0.1) is 18.2 Å². The summed E-state index contributed by atoms with van der Waals surface area (Å²) in [5.74, 6) is -0.559. The molecule has 8 heteroatoms. The molecule has 0 saturated heterocycles. The Hall–Kier alpha value is -1.85. The number of ketones is 1. The Morgan fingerprint density at radius 1 is 1.02 bits per heavy atom. The smallest absolute Gasteiger partial charge is 0.327 e. The van der Waals surface area contributed by atoms with Crippen molar-refractivity contribution >= 4 is 11.7 Å². The van der Waals surface area contributed by atoms with Crippen LogP contribution in [0.3, 0.4) is 0 Å². The van der Waals surface area contributed by atoms with Crippen LogP contribution >= 0.6 is 0 Å². The molecule has 0 aromatic heterocycles. The fourth-order valence-electron chi connectivity index (χ4n) is 10.9. The molecule has 0 radical (unpaired) electrons. The van der Waals surface area contributed by atoms with Crippen molar-refractivity contribution in [2.75, 3.05) is 0 Å². The highest BCUT2D eigenvalue weighted by atomic mass is 19.4. The lowest BCUT2D eigenvalue weighted by Crippen LogP contribution is -2.67. The lowest BCUT2D eigenvalue weighted by molar-refractivity contribution is -0.390. The fraction of sp³-hybridized carbons (Fsp3) is 0.818. The Morgan fingerprint density at radius 3 is 2.27 bits per heavy atom. The number of hydrogen-bond donors (Lipinski definition) is 1. The van der Waals surface area contributed by atoms with Crippen molar-refractivity contribution < 1.29 is 27.6 Å². The molecule has 5 nitrogen and oxygen atoms in total. The lowest BCUT2D eigenvalue weighted by Gasteiger charge is -2.70. The molecule has 0 spiro atoms. The molecule has 5 aliphatic carbocycles. The molecule has 228 valence electrons. The quantitative estimate of drug-likeness (QED) is 0.215. The van der Waals surface area contributed by atoms with E-state index in [1.807, 2.05) is 6.08 Å². The molecule has 1 unspecified atom stereocenters. The van der Waals surface area contributed by atoms with Crippen LogP contribution in [-0.2, 0) is 14.4 Å². The van der Waals surface area contributed by atoms with E-state index in [1.165, 1.54) is 0 Å². The average Bonchev–Trinajstić information content (AvgIpc) is 2.86. The van der Waals surface area contributed by atoms with Gasteiger partial charge in [0.25, 0.3) is 5.91 Å². The molecule has 0 aromatic carbocycles. The van der Waals surface area contributed by atoms with Gasteiger partial charge >= 0.3 is 6.36 Å². The number of rotatable bonds is 2. The van der Waals surface area contributed by atoms with Crippen molar-refractivity contribution in [1.82, 2.24) is 5.06 Å². The second kappa shape index (κ2) is 9.08. The Balaban J connectivity index is 1.55. The maximum atomic E-state index is 14.4. The Morgan fingerprint density at radius 2 is 1.66 bits per heavy atom. The van der Waals surface area contributed by atoms with Crippen LogP contribution in [0.4, 0.5) is 13.2 Å². The lowest BCUT2D eigenvalue weighted by atomic mass is 9.33. The van der Waals surface area contributed by atoms with Crippen LogP contribution in [0.5, 0.6) is 0 Å². The highest BCUT2D eigenvalue weighted by molar-refractivity contribution is 5.95. The van der Waals surface area contributed by atoms with Crippen LogP contribution < -0.4 is 5.73 Å². The number of terminal acetylenes is 1. The van der Waals surface area contributed by atoms with Gasteiger partial charge in [0.15, 0.2) is 5.78 Å². The number of allylic oxidation sites excluding steroid dienone is 2. The van der Waals surface area contributed by atoms with Crippen molar-refractivity contribution in [2.24, 2.45) is 56.0 Å². The van der Waals surface area contributed by atoms with Crippen LogP contribution in [0.15, 0.2) is 11.6 Å². The van der Waals surface area contributed by atoms with E-state index in [4.69, 9.17) is 12.2 Å². The number of amides is 1. The summed E-state index contributed by atoms with van der Waals surface area (Å²) in [5, 5.41) is 0.0140. The predicted molar refractivity (Wildman–Crippen MR) is 150 cm³/mol. The molecular formula is C33H47F3N2O3. The number of carbonyl (C=O) groups is 2. The monoisotopic (exact) mass is 576 g/mol. The minimum Gasteiger partial charge on any atom is -0.327 e. The summed E-state index contributed by atoms with van der Waals surface area (Å²) in [6.07, 6.45) is 9.22. The molecule has 41 heavy (non-hydrogen) atoms. The number of halogens is 3. The number of fused-ring (bicyclic) bond motifs is 7. The number of nitrogens with zero attached hydrogens (tertiary/aromatic N) is 1. The second-order valence-corrected chi connectivity index (χ2v) is 16.0. The minimum absolute atomic E-state index is 0.0140. The second-order valence-electron chi connectivity index (χ2n) is 16.0. The van der Waals surface area contributed by atoms with Gasteiger partial charge in [-0.25, -0.2) is 0 Å². The predicted octanol–water partition coefficient (Wildman–Crippen LogP) is 7.17. The Bertz CT molecular complexity index is 1220. The number of alkyl halides is 3. The van der Waals surface area contributed by atoms with Crippen LogP contribution in [0.25, 0.3) is 0 Å². The van der Waals surface area contributed by atoms with Crippen molar-refractivity contribution in [1.29, 1.82) is 0 Å². The molecule has 0 aliphatic heterocycles. The van der Waals surface area contributed by atoms with Gasteiger partial charge < -0.3 is 5.73 Å². The summed E-state index contributed by atoms with van der Waals surface area (Å²) in [6, 6.07) is 1.89. The molecule has 5 aliphatic rings. The van der Waals surface area contributed by atoms with Crippen LogP contribution in [0, 0.1) is 62.7 Å². The first-order valence-corrected chi connectivity index (χ1v) is 15.3. The minimum atomic E-state index is -5.07. The molecule has 1 amide bonds. The topological polar surface area (TPSA) is 72.6 Å². The molecule has 0 aromatic rings. The first kappa shape index (κ1) is 30.6. The standard InChI is InChI=1S/C33H47F3N2O3/c1-9-38(41-33(34,35)36)26(40)29(5)15-14-28(4)16-17-31(7)20(21(28)19-29)18-22(39)25-30(6)12-11-24(37)27(2,3)23(30)10-13-32(25,31)8/h1,18,21,23-25H,10-17,19,37H2,2-8H3/t21-,23?,24-,25+,28+,29-,30-,31+,32+/m0/s1. The third kappa shape index (κ3) is 4.18. The molecule has 0 heterocycles. The SMILES string of the molecule is C#CN(OC(F)(F)F)C(=O)[C@@]1(C)CC[C@]2(C)CC[C@]3(C)C(=CC(=O)[C@@H]4[C@@]5(C)CC[C@H](N)C(C)(C)C5CC[C@]43C)[C@@H]2C1. The van der Waals surface area contributed by atoms with Gasteiger partial charge in [-0.05, 0) is 103 Å². The molecule has 5 rings (SSSR count). The zero-order chi connectivity index (χ0) is 30.6. The normalized spacial score (nSPS) is 47.1. The van der Waals surface area contributed by atoms with Crippen molar-refractivity contribution in [3.63, 3.8) is 0 Å². The van der Waals surface area contributed by atoms with Crippen LogP contribution in [-0.4, -0.2) is 29.2 Å². The van der Waals surface area contributed by atoms with Gasteiger partial charge in [-0.1, -0.05) is 60.5 Å². The maximum Gasteiger partial charge on any atom is 0.545 e. The van der Waals surface area contributed by atoms with Gasteiger partial charge in [0.2, 0.25) is 0 Å². The highest BCUT2D eigenvalue weighted by Gasteiger charge is 2.70. The van der Waals surface area contributed by atoms with E-state index >= 15 is 0 Å². The zero-order valence-corrected chi connectivity index (χ0v) is 25.7. The van der Waals surface area contributed by atoms with Gasteiger partial charge in [-0.3, -0.25) is 9.59 Å². The Kier molecular flexibility index (Phi) is 6.78. The van der Waals surface area contributed by atoms with E-state index < -0.39 is 17.7 Å². The third-order valence-electron chi connectivity index (χ3n) is 13.7. The van der Waals surface area contributed by atoms with Gasteiger partial charge in [0.1, 0.15) is 0 Å². The van der Waals surface area contributed by atoms with Crippen LogP contribution in [0.1, 0.15) is 106 Å². The first-order chi connectivity index (χ1) is 18.7. The Labute approximate surface area is 243 Å². The zero-order valence-electron chi connectivity index (χ0n) is 25.7. The molecule has 4 saturated carbocycles. The average molecular weight is 577 g/mol. The largest absolute Gasteiger partial charge is 0.545 e. The van der Waals surface area contributed by atoms with E-state index in [0.29, 0.717) is 25.2 Å². The van der Waals surface area contributed by atoms with Gasteiger partial charge in [-0.2, -0.15) is 4.84 Å². The summed E-state index contributed by atoms with van der Waals surface area (Å²) in [6.45, 7) is 15.4. The molecule has 2 N–H and O–H groups in total. The van der Waals surface area contributed by atoms with Crippen molar-refractivity contribution in [3.8, 4) is 12.5 Å². The summed E-state index contributed by atoms with van der Waals surface area (Å²) < 4.78 is 39.1. The van der Waals surface area contributed by atoms with E-state index in [2.05, 4.69) is 46.4 Å². The molecule has 9 atom stereocenters. The molecule has 0 bridgehead atoms. The molecule has 4 fully saturated rings. The van der Waals surface area contributed by atoms with E-state index in [0.717, 1.165) is 44.1 Å². The first-order valence-electron chi connectivity index (χ1n) is 15.3. The van der Waals surface area contributed by atoms with Crippen molar-refractivity contribution in [3.05, 3.63) is 11.6 Å². The van der Waals surface area contributed by atoms with E-state index in [9.17, 15) is 22.8 Å². The van der Waals surface area contributed by atoms with Crippen molar-refractivity contribution in [2.45, 2.75) is 119 Å². The van der Waals surface area contributed by atoms with Crippen LogP contribution in [0.2, 0.25) is 0 Å². The summed E-state index contributed by atoms with van der Waals surface area (Å²) >= 11 is 0. The fourth-order valence-corrected chi connectivity index (χ4v) is 10.9. The van der Waals surface area contributed by atoms with E-state index in [-0.39, 0.29) is 55.8 Å². The summed E-state index contributed by atoms with van der Waals surface area (Å²) in [4.78, 5) is 31.8. The summed E-state index contributed by atoms with van der Waals surface area (Å²) in [7, 11) is 0. The highest BCUT2D eigenvalue weighted by Crippen LogP contribution is 2.75. The summed E-state index contributed by atoms with van der Waals surface area (Å²) in [5.41, 5.74) is 5.69. The van der Waals surface area contributed by atoms with Gasteiger partial charge in [0.05, 0.1) is 5.41 Å². The third-order valence-corrected chi connectivity index (χ3v) is 13.7. The number of nitrogens with two attached hydrogens (primary N) is 1. The number of hydrogen-bond acceptors (Lipinski definition) is 4. The van der Waals surface area contributed by atoms with Gasteiger partial charge in [0, 0.05) is 18.0 Å².